The molecule has 0 spiro atoms. The van der Waals surface area contributed by atoms with Crippen LogP contribution in [-0.4, -0.2) is 16.2 Å². The lowest BCUT2D eigenvalue weighted by atomic mass is 10.0. The van der Waals surface area contributed by atoms with Gasteiger partial charge in [0.1, 0.15) is 11.8 Å². The Morgan fingerprint density at radius 2 is 1.94 bits per heavy atom. The molecule has 1 atom stereocenters. The molecule has 0 saturated carbocycles. The Morgan fingerprint density at radius 3 is 2.35 bits per heavy atom. The summed E-state index contributed by atoms with van der Waals surface area (Å²) in [6.07, 6.45) is -4.65. The van der Waals surface area contributed by atoms with Crippen molar-refractivity contribution in [3.63, 3.8) is 0 Å². The van der Waals surface area contributed by atoms with Crippen molar-refractivity contribution in [2.75, 3.05) is 0 Å². The maximum atomic E-state index is 12.5. The van der Waals surface area contributed by atoms with Gasteiger partial charge < -0.3 is 15.9 Å². The predicted molar refractivity (Wildman–Crippen MR) is 55.4 cm³/mol. The van der Waals surface area contributed by atoms with Crippen molar-refractivity contribution in [1.29, 1.82) is 0 Å². The van der Waals surface area contributed by atoms with Crippen LogP contribution in [0.5, 0.6) is 5.75 Å². The van der Waals surface area contributed by atoms with Crippen LogP contribution >= 0.6 is 15.9 Å². The van der Waals surface area contributed by atoms with Crippen LogP contribution in [0.2, 0.25) is 0 Å². The minimum atomic E-state index is -4.65. The van der Waals surface area contributed by atoms with Crippen molar-refractivity contribution >= 4 is 21.9 Å². The summed E-state index contributed by atoms with van der Waals surface area (Å²) in [7, 11) is 0. The monoisotopic (exact) mass is 313 g/mol. The number of phenolic OH excluding ortho intramolecular Hbond substituents is 1. The van der Waals surface area contributed by atoms with Gasteiger partial charge in [0.05, 0.1) is 10.0 Å². The van der Waals surface area contributed by atoms with E-state index in [2.05, 4.69) is 15.9 Å². The molecule has 0 aliphatic carbocycles. The maximum absolute atomic E-state index is 12.5. The Balaban J connectivity index is 3.40. The zero-order chi connectivity index (χ0) is 13.4. The highest BCUT2D eigenvalue weighted by Gasteiger charge is 2.33. The number of hydrogen-bond donors (Lipinski definition) is 3. The molecule has 17 heavy (non-hydrogen) atoms. The second-order valence-corrected chi connectivity index (χ2v) is 4.06. The van der Waals surface area contributed by atoms with Gasteiger partial charge in [-0.25, -0.2) is 0 Å². The van der Waals surface area contributed by atoms with Crippen LogP contribution < -0.4 is 5.73 Å². The molecule has 8 heteroatoms. The van der Waals surface area contributed by atoms with Gasteiger partial charge in [-0.15, -0.1) is 0 Å². The number of rotatable bonds is 2. The molecule has 94 valence electrons. The average Bonchev–Trinajstić information content (AvgIpc) is 2.19. The maximum Gasteiger partial charge on any atom is 0.416 e. The average molecular weight is 314 g/mol. The third kappa shape index (κ3) is 2.89. The number of halogens is 4. The summed E-state index contributed by atoms with van der Waals surface area (Å²) < 4.78 is 37.1. The highest BCUT2D eigenvalue weighted by Crippen LogP contribution is 2.38. The molecule has 0 amide bonds. The van der Waals surface area contributed by atoms with Crippen molar-refractivity contribution in [2.24, 2.45) is 5.73 Å². The Hall–Kier alpha value is -1.28. The van der Waals surface area contributed by atoms with E-state index in [1.807, 2.05) is 0 Å². The van der Waals surface area contributed by atoms with E-state index in [1.54, 1.807) is 0 Å². The highest BCUT2D eigenvalue weighted by molar-refractivity contribution is 9.10. The quantitative estimate of drug-likeness (QED) is 0.782. The SMILES string of the molecule is N[C@H](C(=O)O)c1cc(C(F)(F)F)cc(Br)c1O. The fraction of sp³-hybridized carbons (Fsp3) is 0.222. The highest BCUT2D eigenvalue weighted by atomic mass is 79.9. The van der Waals surface area contributed by atoms with Gasteiger partial charge in [-0.1, -0.05) is 0 Å². The van der Waals surface area contributed by atoms with Crippen LogP contribution in [-0.2, 0) is 11.0 Å². The summed E-state index contributed by atoms with van der Waals surface area (Å²) >= 11 is 2.71. The molecule has 1 aromatic rings. The molecule has 4 N–H and O–H groups in total. The van der Waals surface area contributed by atoms with Gasteiger partial charge in [-0.2, -0.15) is 13.2 Å². The van der Waals surface area contributed by atoms with Crippen LogP contribution in [0.4, 0.5) is 13.2 Å². The summed E-state index contributed by atoms with van der Waals surface area (Å²) in [4.78, 5) is 10.6. The van der Waals surface area contributed by atoms with E-state index in [4.69, 9.17) is 10.8 Å². The van der Waals surface area contributed by atoms with Gasteiger partial charge in [0.2, 0.25) is 0 Å². The third-order valence-corrected chi connectivity index (χ3v) is 2.63. The zero-order valence-electron chi connectivity index (χ0n) is 8.12. The number of aliphatic carboxylic acids is 1. The third-order valence-electron chi connectivity index (χ3n) is 2.02. The largest absolute Gasteiger partial charge is 0.506 e. The zero-order valence-corrected chi connectivity index (χ0v) is 9.71. The fourth-order valence-electron chi connectivity index (χ4n) is 1.15. The predicted octanol–water partition coefficient (Wildman–Crippen LogP) is 2.26. The number of carbonyl (C=O) groups is 1. The number of carboxylic acid groups (broad SMARTS) is 1. The molecular formula is C9H7BrF3NO3. The molecule has 0 radical (unpaired) electrons. The summed E-state index contributed by atoms with van der Waals surface area (Å²) in [6, 6.07) is -0.569. The van der Waals surface area contributed by atoms with E-state index in [9.17, 15) is 23.1 Å². The van der Waals surface area contributed by atoms with E-state index >= 15 is 0 Å². The lowest BCUT2D eigenvalue weighted by Gasteiger charge is -2.14. The van der Waals surface area contributed by atoms with Gasteiger partial charge in [0.25, 0.3) is 0 Å². The molecule has 0 heterocycles. The number of benzene rings is 1. The molecule has 1 aromatic carbocycles. The van der Waals surface area contributed by atoms with E-state index < -0.39 is 35.1 Å². The molecule has 0 fully saturated rings. The summed E-state index contributed by atoms with van der Waals surface area (Å²) in [5.74, 6) is -2.15. The van der Waals surface area contributed by atoms with E-state index in [1.165, 1.54) is 0 Å². The first kappa shape index (κ1) is 13.8. The number of phenols is 1. The van der Waals surface area contributed by atoms with Crippen molar-refractivity contribution < 1.29 is 28.2 Å². The van der Waals surface area contributed by atoms with Crippen molar-refractivity contribution in [3.05, 3.63) is 27.7 Å². The van der Waals surface area contributed by atoms with Gasteiger partial charge in [0, 0.05) is 5.56 Å². The van der Waals surface area contributed by atoms with Crippen molar-refractivity contribution in [3.8, 4) is 5.75 Å². The lowest BCUT2D eigenvalue weighted by molar-refractivity contribution is -0.140. The van der Waals surface area contributed by atoms with Gasteiger partial charge in [-0.3, -0.25) is 4.79 Å². The van der Waals surface area contributed by atoms with Crippen LogP contribution in [0.15, 0.2) is 16.6 Å². The summed E-state index contributed by atoms with van der Waals surface area (Å²) in [6.45, 7) is 0. The number of hydrogen-bond acceptors (Lipinski definition) is 3. The first-order valence-corrected chi connectivity index (χ1v) is 5.02. The molecule has 4 nitrogen and oxygen atoms in total. The fourth-order valence-corrected chi connectivity index (χ4v) is 1.63. The molecule has 0 bridgehead atoms. The molecule has 0 unspecified atom stereocenters. The number of carboxylic acids is 1. The lowest BCUT2D eigenvalue weighted by Crippen LogP contribution is -2.21. The first-order chi connectivity index (χ1) is 7.64. The molecule has 0 aliphatic rings. The Labute approximate surface area is 102 Å². The summed E-state index contributed by atoms with van der Waals surface area (Å²) in [5, 5.41) is 18.1. The van der Waals surface area contributed by atoms with E-state index in [-0.39, 0.29) is 4.47 Å². The van der Waals surface area contributed by atoms with Crippen molar-refractivity contribution in [1.82, 2.24) is 0 Å². The smallest absolute Gasteiger partial charge is 0.416 e. The van der Waals surface area contributed by atoms with Crippen LogP contribution in [0.1, 0.15) is 17.2 Å². The van der Waals surface area contributed by atoms with E-state index in [0.717, 1.165) is 0 Å². The number of aromatic hydroxyl groups is 1. The Morgan fingerprint density at radius 1 is 1.41 bits per heavy atom. The van der Waals surface area contributed by atoms with Crippen molar-refractivity contribution in [2.45, 2.75) is 12.2 Å². The van der Waals surface area contributed by atoms with E-state index in [0.29, 0.717) is 12.1 Å². The minimum absolute atomic E-state index is 0.265. The Kier molecular flexibility index (Phi) is 3.68. The molecule has 0 saturated heterocycles. The van der Waals surface area contributed by atoms with Gasteiger partial charge in [0.15, 0.2) is 0 Å². The normalized spacial score (nSPS) is 13.5. The van der Waals surface area contributed by atoms with Gasteiger partial charge in [-0.05, 0) is 28.1 Å². The number of nitrogens with two attached hydrogens (primary N) is 1. The second kappa shape index (κ2) is 4.53. The molecule has 0 aliphatic heterocycles. The standard InChI is InChI=1S/C9H7BrF3NO3/c10-5-2-3(9(11,12)13)1-4(7(5)15)6(14)8(16)17/h1-2,6,15H,14H2,(H,16,17)/t6-/m0/s1. The molecule has 1 rings (SSSR count). The molecular weight excluding hydrogens is 307 g/mol. The summed E-state index contributed by atoms with van der Waals surface area (Å²) in [5.41, 5.74) is 3.58. The second-order valence-electron chi connectivity index (χ2n) is 3.21. The first-order valence-electron chi connectivity index (χ1n) is 4.22. The van der Waals surface area contributed by atoms with Crippen LogP contribution in [0.3, 0.4) is 0 Å². The number of alkyl halides is 3. The van der Waals surface area contributed by atoms with Gasteiger partial charge >= 0.3 is 12.1 Å². The van der Waals surface area contributed by atoms with Crippen LogP contribution in [0, 0.1) is 0 Å². The Bertz CT molecular complexity index is 462. The molecule has 0 aromatic heterocycles. The van der Waals surface area contributed by atoms with Crippen LogP contribution in [0.25, 0.3) is 0 Å². The topological polar surface area (TPSA) is 83.6 Å². The minimum Gasteiger partial charge on any atom is -0.506 e.